The molecular formula is C10H21NO. The average Bonchev–Trinajstić information content (AvgIpc) is 2.53. The molecule has 12 heavy (non-hydrogen) atoms. The van der Waals surface area contributed by atoms with Crippen molar-refractivity contribution in [1.29, 1.82) is 0 Å². The summed E-state index contributed by atoms with van der Waals surface area (Å²) < 4.78 is 5.56. The van der Waals surface area contributed by atoms with Gasteiger partial charge in [-0.1, -0.05) is 20.8 Å². The van der Waals surface area contributed by atoms with Crippen LogP contribution in [0, 0.1) is 11.8 Å². The van der Waals surface area contributed by atoms with E-state index >= 15 is 0 Å². The Kier molecular flexibility index (Phi) is 3.53. The fraction of sp³-hybridized carbons (Fsp3) is 1.00. The maximum Gasteiger partial charge on any atom is 0.0729 e. The summed E-state index contributed by atoms with van der Waals surface area (Å²) in [5.41, 5.74) is 6.10. The van der Waals surface area contributed by atoms with E-state index in [0.717, 1.165) is 13.0 Å². The topological polar surface area (TPSA) is 35.2 Å². The summed E-state index contributed by atoms with van der Waals surface area (Å²) in [5.74, 6) is 1.22. The van der Waals surface area contributed by atoms with Crippen LogP contribution < -0.4 is 5.73 Å². The van der Waals surface area contributed by atoms with E-state index in [9.17, 15) is 0 Å². The van der Waals surface area contributed by atoms with E-state index in [0.29, 0.717) is 17.9 Å². The Morgan fingerprint density at radius 1 is 1.33 bits per heavy atom. The number of hydrogen-bond acceptors (Lipinski definition) is 2. The Bertz CT molecular complexity index is 128. The lowest BCUT2D eigenvalue weighted by Crippen LogP contribution is -2.41. The van der Waals surface area contributed by atoms with Crippen LogP contribution in [-0.4, -0.2) is 18.8 Å². The van der Waals surface area contributed by atoms with Crippen LogP contribution in [0.1, 0.15) is 33.6 Å². The van der Waals surface area contributed by atoms with Crippen molar-refractivity contribution < 1.29 is 4.74 Å². The van der Waals surface area contributed by atoms with Crippen molar-refractivity contribution in [3.8, 4) is 0 Å². The van der Waals surface area contributed by atoms with Crippen molar-refractivity contribution in [2.75, 3.05) is 6.61 Å². The molecule has 0 aromatic rings. The van der Waals surface area contributed by atoms with Crippen LogP contribution in [0.5, 0.6) is 0 Å². The Morgan fingerprint density at radius 3 is 2.42 bits per heavy atom. The summed E-state index contributed by atoms with van der Waals surface area (Å²) in [7, 11) is 0. The third-order valence-electron chi connectivity index (χ3n) is 3.05. The van der Waals surface area contributed by atoms with E-state index in [-0.39, 0.29) is 6.04 Å². The highest BCUT2D eigenvalue weighted by Gasteiger charge is 2.28. The van der Waals surface area contributed by atoms with Gasteiger partial charge in [-0.05, 0) is 24.7 Å². The zero-order valence-corrected chi connectivity index (χ0v) is 8.42. The van der Waals surface area contributed by atoms with Crippen LogP contribution in [0.4, 0.5) is 0 Å². The normalized spacial score (nSPS) is 29.2. The van der Waals surface area contributed by atoms with Crippen LogP contribution in [-0.2, 0) is 4.74 Å². The molecule has 0 aromatic carbocycles. The maximum atomic E-state index is 6.10. The molecule has 2 heteroatoms. The molecule has 1 fully saturated rings. The summed E-state index contributed by atoms with van der Waals surface area (Å²) in [6.45, 7) is 7.57. The number of rotatable bonds is 3. The third-order valence-corrected chi connectivity index (χ3v) is 3.05. The monoisotopic (exact) mass is 171 g/mol. The van der Waals surface area contributed by atoms with Crippen molar-refractivity contribution in [3.05, 3.63) is 0 Å². The van der Waals surface area contributed by atoms with E-state index in [2.05, 4.69) is 20.8 Å². The molecule has 3 unspecified atom stereocenters. The van der Waals surface area contributed by atoms with Gasteiger partial charge in [-0.3, -0.25) is 0 Å². The molecule has 1 rings (SSSR count). The zero-order valence-electron chi connectivity index (χ0n) is 8.42. The van der Waals surface area contributed by atoms with Gasteiger partial charge in [0.15, 0.2) is 0 Å². The van der Waals surface area contributed by atoms with Gasteiger partial charge in [0.1, 0.15) is 0 Å². The summed E-state index contributed by atoms with van der Waals surface area (Å²) in [4.78, 5) is 0. The second kappa shape index (κ2) is 4.24. The van der Waals surface area contributed by atoms with Gasteiger partial charge in [-0.15, -0.1) is 0 Å². The predicted molar refractivity (Wildman–Crippen MR) is 51.0 cm³/mol. The Hall–Kier alpha value is -0.0800. The van der Waals surface area contributed by atoms with Gasteiger partial charge in [0.25, 0.3) is 0 Å². The van der Waals surface area contributed by atoms with Crippen molar-refractivity contribution in [3.63, 3.8) is 0 Å². The van der Waals surface area contributed by atoms with Gasteiger partial charge >= 0.3 is 0 Å². The van der Waals surface area contributed by atoms with E-state index in [1.54, 1.807) is 0 Å². The Morgan fingerprint density at radius 2 is 2.00 bits per heavy atom. The fourth-order valence-corrected chi connectivity index (χ4v) is 1.69. The lowest BCUT2D eigenvalue weighted by atomic mass is 9.87. The summed E-state index contributed by atoms with van der Waals surface area (Å²) >= 11 is 0. The van der Waals surface area contributed by atoms with Crippen LogP contribution in [0.2, 0.25) is 0 Å². The van der Waals surface area contributed by atoms with Gasteiger partial charge in [0.2, 0.25) is 0 Å². The minimum Gasteiger partial charge on any atom is -0.377 e. The molecule has 0 bridgehead atoms. The SMILES string of the molecule is CC(C)C(C)C(N)C1CCCO1. The van der Waals surface area contributed by atoms with Crippen LogP contribution in [0.25, 0.3) is 0 Å². The molecule has 1 saturated heterocycles. The minimum absolute atomic E-state index is 0.229. The Balaban J connectivity index is 2.39. The summed E-state index contributed by atoms with van der Waals surface area (Å²) in [6.07, 6.45) is 2.66. The number of ether oxygens (including phenoxy) is 1. The first kappa shape index (κ1) is 10.0. The van der Waals surface area contributed by atoms with Crippen molar-refractivity contribution in [2.45, 2.75) is 45.8 Å². The number of hydrogen-bond donors (Lipinski definition) is 1. The van der Waals surface area contributed by atoms with Gasteiger partial charge in [-0.25, -0.2) is 0 Å². The van der Waals surface area contributed by atoms with Crippen molar-refractivity contribution >= 4 is 0 Å². The molecule has 1 aliphatic rings. The highest BCUT2D eigenvalue weighted by molar-refractivity contribution is 4.82. The number of nitrogens with two attached hydrogens (primary N) is 1. The zero-order chi connectivity index (χ0) is 9.14. The molecule has 3 atom stereocenters. The predicted octanol–water partition coefficient (Wildman–Crippen LogP) is 1.78. The largest absolute Gasteiger partial charge is 0.377 e. The van der Waals surface area contributed by atoms with Crippen LogP contribution >= 0.6 is 0 Å². The molecule has 1 heterocycles. The van der Waals surface area contributed by atoms with Crippen molar-refractivity contribution in [1.82, 2.24) is 0 Å². The molecule has 2 N–H and O–H groups in total. The summed E-state index contributed by atoms with van der Waals surface area (Å²) in [5, 5.41) is 0. The molecule has 0 aliphatic carbocycles. The average molecular weight is 171 g/mol. The standard InChI is InChI=1S/C10H21NO/c1-7(2)8(3)10(11)9-5-4-6-12-9/h7-10H,4-6,11H2,1-3H3. The molecule has 0 spiro atoms. The molecule has 0 radical (unpaired) electrons. The molecule has 0 aromatic heterocycles. The summed E-state index contributed by atoms with van der Waals surface area (Å²) in [6, 6.07) is 0.229. The van der Waals surface area contributed by atoms with E-state index in [1.165, 1.54) is 6.42 Å². The maximum absolute atomic E-state index is 6.10. The van der Waals surface area contributed by atoms with E-state index < -0.39 is 0 Å². The minimum atomic E-state index is 0.229. The molecular weight excluding hydrogens is 150 g/mol. The first-order valence-corrected chi connectivity index (χ1v) is 5.00. The Labute approximate surface area is 75.5 Å². The van der Waals surface area contributed by atoms with E-state index in [4.69, 9.17) is 10.5 Å². The van der Waals surface area contributed by atoms with Crippen LogP contribution in [0.3, 0.4) is 0 Å². The van der Waals surface area contributed by atoms with Crippen LogP contribution in [0.15, 0.2) is 0 Å². The van der Waals surface area contributed by atoms with E-state index in [1.807, 2.05) is 0 Å². The smallest absolute Gasteiger partial charge is 0.0729 e. The highest BCUT2D eigenvalue weighted by Crippen LogP contribution is 2.23. The fourth-order valence-electron chi connectivity index (χ4n) is 1.69. The first-order chi connectivity index (χ1) is 5.63. The second-order valence-corrected chi connectivity index (χ2v) is 4.23. The lowest BCUT2D eigenvalue weighted by molar-refractivity contribution is 0.0665. The molecule has 0 saturated carbocycles. The molecule has 1 aliphatic heterocycles. The molecule has 72 valence electrons. The van der Waals surface area contributed by atoms with Gasteiger partial charge < -0.3 is 10.5 Å². The quantitative estimate of drug-likeness (QED) is 0.702. The van der Waals surface area contributed by atoms with Gasteiger partial charge in [0.05, 0.1) is 6.10 Å². The first-order valence-electron chi connectivity index (χ1n) is 5.00. The van der Waals surface area contributed by atoms with Crippen molar-refractivity contribution in [2.24, 2.45) is 17.6 Å². The highest BCUT2D eigenvalue weighted by atomic mass is 16.5. The third kappa shape index (κ3) is 2.20. The molecule has 2 nitrogen and oxygen atoms in total. The van der Waals surface area contributed by atoms with Gasteiger partial charge in [-0.2, -0.15) is 0 Å². The second-order valence-electron chi connectivity index (χ2n) is 4.23. The molecule has 0 amide bonds. The van der Waals surface area contributed by atoms with Gasteiger partial charge in [0, 0.05) is 12.6 Å². The lowest BCUT2D eigenvalue weighted by Gasteiger charge is -2.27.